The molecule has 0 bridgehead atoms. The number of carboxylic acid groups (broad SMARTS) is 1. The molecule has 108 valence electrons. The molecule has 1 aliphatic rings. The van der Waals surface area contributed by atoms with Gasteiger partial charge in [0.05, 0.1) is 11.1 Å². The summed E-state index contributed by atoms with van der Waals surface area (Å²) in [6, 6.07) is 2.50. The number of anilines is 1. The van der Waals surface area contributed by atoms with E-state index in [-0.39, 0.29) is 24.4 Å². The molecule has 1 aromatic heterocycles. The molecular formula is C13H12N4O4. The summed E-state index contributed by atoms with van der Waals surface area (Å²) in [5.41, 5.74) is 0.959. The highest BCUT2D eigenvalue weighted by molar-refractivity contribution is 6.09. The van der Waals surface area contributed by atoms with Crippen molar-refractivity contribution in [3.8, 4) is 0 Å². The maximum atomic E-state index is 11.8. The summed E-state index contributed by atoms with van der Waals surface area (Å²) >= 11 is 0. The lowest BCUT2D eigenvalue weighted by Crippen LogP contribution is -2.49. The predicted octanol–water partition coefficient (Wildman–Crippen LogP) is 0.718. The number of hydrogen-bond donors (Lipinski definition) is 2. The van der Waals surface area contributed by atoms with E-state index in [1.54, 1.807) is 19.3 Å². The molecule has 0 unspecified atom stereocenters. The number of aromatic carboxylic acids is 1. The summed E-state index contributed by atoms with van der Waals surface area (Å²) in [6.45, 7) is 0.210. The number of carbonyl (C=O) groups is 3. The lowest BCUT2D eigenvalue weighted by Gasteiger charge is -2.26. The molecule has 0 spiro atoms. The van der Waals surface area contributed by atoms with E-state index >= 15 is 0 Å². The minimum absolute atomic E-state index is 0.0697. The normalized spacial score (nSPS) is 15.4. The van der Waals surface area contributed by atoms with Crippen molar-refractivity contribution in [2.45, 2.75) is 6.42 Å². The van der Waals surface area contributed by atoms with E-state index in [0.717, 1.165) is 0 Å². The van der Waals surface area contributed by atoms with Crippen molar-refractivity contribution in [3.05, 3.63) is 23.9 Å². The van der Waals surface area contributed by atoms with Crippen molar-refractivity contribution in [3.63, 3.8) is 0 Å². The van der Waals surface area contributed by atoms with Gasteiger partial charge in [-0.25, -0.2) is 9.59 Å². The van der Waals surface area contributed by atoms with Crippen LogP contribution in [0.4, 0.5) is 10.5 Å². The zero-order valence-corrected chi connectivity index (χ0v) is 11.2. The second-order valence-electron chi connectivity index (χ2n) is 4.79. The second kappa shape index (κ2) is 4.58. The van der Waals surface area contributed by atoms with Gasteiger partial charge < -0.3 is 5.11 Å². The average Bonchev–Trinajstić information content (AvgIpc) is 2.77. The van der Waals surface area contributed by atoms with E-state index < -0.39 is 12.0 Å². The first-order valence-electron chi connectivity index (χ1n) is 6.28. The fraction of sp³-hybridized carbons (Fsp3) is 0.231. The quantitative estimate of drug-likeness (QED) is 0.847. The maximum absolute atomic E-state index is 11.8. The number of carboxylic acids is 1. The molecule has 8 heteroatoms. The molecule has 8 nitrogen and oxygen atoms in total. The van der Waals surface area contributed by atoms with Gasteiger partial charge in [0.2, 0.25) is 5.91 Å². The number of nitrogens with zero attached hydrogens (tertiary/aromatic N) is 3. The van der Waals surface area contributed by atoms with E-state index in [4.69, 9.17) is 0 Å². The fourth-order valence-electron chi connectivity index (χ4n) is 2.37. The molecule has 3 rings (SSSR count). The zero-order valence-electron chi connectivity index (χ0n) is 11.2. The SMILES string of the molecule is Cn1cc2c(C(=O)O)cc(N3CCC(=O)NC3=O)cc2n1. The Kier molecular flexibility index (Phi) is 2.86. The Hall–Kier alpha value is -2.90. The van der Waals surface area contributed by atoms with Crippen LogP contribution in [0.15, 0.2) is 18.3 Å². The summed E-state index contributed by atoms with van der Waals surface area (Å²) in [7, 11) is 1.69. The van der Waals surface area contributed by atoms with E-state index in [0.29, 0.717) is 16.6 Å². The number of nitrogens with one attached hydrogen (secondary N) is 1. The first kappa shape index (κ1) is 13.1. The number of aryl methyl sites for hydroxylation is 1. The standard InChI is InChI=1S/C13H12N4O4/c1-16-6-9-8(12(19)20)4-7(5-10(9)15-16)17-3-2-11(18)14-13(17)21/h4-6H,2-3H2,1H3,(H,19,20)(H,14,18,21). The lowest BCUT2D eigenvalue weighted by molar-refractivity contribution is -0.120. The van der Waals surface area contributed by atoms with Gasteiger partial charge in [0, 0.05) is 37.3 Å². The summed E-state index contributed by atoms with van der Waals surface area (Å²) in [5, 5.41) is 16.2. The van der Waals surface area contributed by atoms with Crippen LogP contribution >= 0.6 is 0 Å². The summed E-state index contributed by atoms with van der Waals surface area (Å²) in [5.74, 6) is -1.43. The second-order valence-corrected chi connectivity index (χ2v) is 4.79. The van der Waals surface area contributed by atoms with Gasteiger partial charge in [0.25, 0.3) is 0 Å². The van der Waals surface area contributed by atoms with Crippen molar-refractivity contribution < 1.29 is 19.5 Å². The smallest absolute Gasteiger partial charge is 0.336 e. The molecule has 1 aromatic carbocycles. The molecule has 1 saturated heterocycles. The first-order chi connectivity index (χ1) is 9.95. The van der Waals surface area contributed by atoms with Crippen LogP contribution in [-0.2, 0) is 11.8 Å². The third-order valence-electron chi connectivity index (χ3n) is 3.32. The van der Waals surface area contributed by atoms with Crippen molar-refractivity contribution >= 4 is 34.5 Å². The zero-order chi connectivity index (χ0) is 15.1. The van der Waals surface area contributed by atoms with Crippen molar-refractivity contribution in [1.29, 1.82) is 0 Å². The first-order valence-corrected chi connectivity index (χ1v) is 6.28. The van der Waals surface area contributed by atoms with Gasteiger partial charge in [-0.05, 0) is 12.1 Å². The molecule has 2 heterocycles. The molecule has 21 heavy (non-hydrogen) atoms. The minimum atomic E-state index is -1.09. The molecule has 0 atom stereocenters. The number of aromatic nitrogens is 2. The van der Waals surface area contributed by atoms with Crippen molar-refractivity contribution in [1.82, 2.24) is 15.1 Å². The maximum Gasteiger partial charge on any atom is 0.336 e. The minimum Gasteiger partial charge on any atom is -0.478 e. The highest BCUT2D eigenvalue weighted by atomic mass is 16.4. The Bertz CT molecular complexity index is 780. The topological polar surface area (TPSA) is 105 Å². The monoisotopic (exact) mass is 288 g/mol. The van der Waals surface area contributed by atoms with Crippen LogP contribution in [0.2, 0.25) is 0 Å². The van der Waals surface area contributed by atoms with Crippen LogP contribution in [0.1, 0.15) is 16.8 Å². The summed E-state index contributed by atoms with van der Waals surface area (Å²) in [4.78, 5) is 35.7. The number of hydrogen-bond acceptors (Lipinski definition) is 4. The highest BCUT2D eigenvalue weighted by Crippen LogP contribution is 2.26. The average molecular weight is 288 g/mol. The lowest BCUT2D eigenvalue weighted by atomic mass is 10.1. The van der Waals surface area contributed by atoms with Gasteiger partial charge in [-0.1, -0.05) is 0 Å². The van der Waals surface area contributed by atoms with E-state index in [1.165, 1.54) is 15.6 Å². The van der Waals surface area contributed by atoms with Crippen LogP contribution in [0.3, 0.4) is 0 Å². The molecule has 0 aliphatic carbocycles. The van der Waals surface area contributed by atoms with Crippen LogP contribution < -0.4 is 10.2 Å². The molecule has 1 aliphatic heterocycles. The molecule has 1 fully saturated rings. The van der Waals surface area contributed by atoms with E-state index in [2.05, 4.69) is 10.4 Å². The van der Waals surface area contributed by atoms with Gasteiger partial charge in [0.15, 0.2) is 0 Å². The third kappa shape index (κ3) is 2.20. The number of imide groups is 1. The third-order valence-corrected chi connectivity index (χ3v) is 3.32. The molecule has 0 saturated carbocycles. The van der Waals surface area contributed by atoms with Crippen LogP contribution in [0, 0.1) is 0 Å². The van der Waals surface area contributed by atoms with Crippen LogP contribution in [0.25, 0.3) is 10.9 Å². The molecule has 0 radical (unpaired) electrons. The van der Waals surface area contributed by atoms with Gasteiger partial charge in [-0.15, -0.1) is 0 Å². The van der Waals surface area contributed by atoms with Crippen LogP contribution in [0.5, 0.6) is 0 Å². The molecule has 2 N–H and O–H groups in total. The van der Waals surface area contributed by atoms with Crippen molar-refractivity contribution in [2.24, 2.45) is 7.05 Å². The molecular weight excluding hydrogens is 276 g/mol. The Balaban J connectivity index is 2.13. The molecule has 3 amide bonds. The summed E-state index contributed by atoms with van der Waals surface area (Å²) < 4.78 is 1.51. The number of fused-ring (bicyclic) bond motifs is 1. The number of amides is 3. The van der Waals surface area contributed by atoms with Gasteiger partial charge >= 0.3 is 12.0 Å². The van der Waals surface area contributed by atoms with E-state index in [9.17, 15) is 19.5 Å². The largest absolute Gasteiger partial charge is 0.478 e. The Morgan fingerprint density at radius 1 is 1.38 bits per heavy atom. The predicted molar refractivity (Wildman–Crippen MR) is 73.2 cm³/mol. The van der Waals surface area contributed by atoms with E-state index in [1.807, 2.05) is 0 Å². The Labute approximate surface area is 118 Å². The van der Waals surface area contributed by atoms with Gasteiger partial charge in [-0.3, -0.25) is 19.7 Å². The number of urea groups is 1. The van der Waals surface area contributed by atoms with Crippen molar-refractivity contribution in [2.75, 3.05) is 11.4 Å². The Morgan fingerprint density at radius 3 is 2.81 bits per heavy atom. The van der Waals surface area contributed by atoms with Gasteiger partial charge in [-0.2, -0.15) is 5.10 Å². The fourth-order valence-corrected chi connectivity index (χ4v) is 2.37. The van der Waals surface area contributed by atoms with Gasteiger partial charge in [0.1, 0.15) is 0 Å². The Morgan fingerprint density at radius 2 is 2.14 bits per heavy atom. The summed E-state index contributed by atoms with van der Waals surface area (Å²) in [6.07, 6.45) is 1.79. The van der Waals surface area contributed by atoms with Crippen LogP contribution in [-0.4, -0.2) is 39.3 Å². The number of carbonyl (C=O) groups excluding carboxylic acids is 2. The highest BCUT2D eigenvalue weighted by Gasteiger charge is 2.26. The number of benzene rings is 1. The number of rotatable bonds is 2. The molecule has 2 aromatic rings.